The molecule has 28 heavy (non-hydrogen) atoms. The highest BCUT2D eigenvalue weighted by molar-refractivity contribution is 7.99. The molecular formula is C22H26N2O2S2. The molecule has 0 unspecified atom stereocenters. The second kappa shape index (κ2) is 8.70. The van der Waals surface area contributed by atoms with Crippen LogP contribution in [0, 0.1) is 0 Å². The predicted molar refractivity (Wildman–Crippen MR) is 119 cm³/mol. The van der Waals surface area contributed by atoms with Gasteiger partial charge in [-0.2, -0.15) is 0 Å². The van der Waals surface area contributed by atoms with Crippen molar-refractivity contribution in [1.29, 1.82) is 0 Å². The van der Waals surface area contributed by atoms with Crippen molar-refractivity contribution in [3.05, 3.63) is 45.1 Å². The Bertz CT molecular complexity index is 1020. The number of ether oxygens (including phenoxy) is 1. The number of hydrogen-bond donors (Lipinski definition) is 0. The van der Waals surface area contributed by atoms with Crippen LogP contribution in [0.1, 0.15) is 49.5 Å². The normalized spacial score (nSPS) is 13.2. The number of unbranched alkanes of at least 4 members (excludes halogenated alkanes) is 3. The molecule has 0 radical (unpaired) electrons. The van der Waals surface area contributed by atoms with Crippen molar-refractivity contribution in [2.45, 2.75) is 57.0 Å². The SMILES string of the molecule is CCCCCCSc1nc2sc3c(c2c(=O)n1-c1ccc(OC)cc1)CCC3. The number of hydrogen-bond acceptors (Lipinski definition) is 5. The molecule has 0 fully saturated rings. The summed E-state index contributed by atoms with van der Waals surface area (Å²) in [4.78, 5) is 20.8. The van der Waals surface area contributed by atoms with Gasteiger partial charge in [-0.05, 0) is 55.5 Å². The topological polar surface area (TPSA) is 44.1 Å². The van der Waals surface area contributed by atoms with E-state index in [4.69, 9.17) is 9.72 Å². The Balaban J connectivity index is 1.77. The van der Waals surface area contributed by atoms with Crippen LogP contribution in [-0.2, 0) is 12.8 Å². The van der Waals surface area contributed by atoms with Gasteiger partial charge in [-0.15, -0.1) is 11.3 Å². The number of thiophene rings is 1. The summed E-state index contributed by atoms with van der Waals surface area (Å²) in [6.07, 6.45) is 8.09. The second-order valence-electron chi connectivity index (χ2n) is 7.18. The maximum absolute atomic E-state index is 13.5. The first kappa shape index (κ1) is 19.5. The minimum Gasteiger partial charge on any atom is -0.497 e. The van der Waals surface area contributed by atoms with E-state index in [0.29, 0.717) is 0 Å². The van der Waals surface area contributed by atoms with Crippen molar-refractivity contribution in [3.8, 4) is 11.4 Å². The van der Waals surface area contributed by atoms with E-state index >= 15 is 0 Å². The molecule has 1 aliphatic rings. The summed E-state index contributed by atoms with van der Waals surface area (Å²) in [5, 5.41) is 1.64. The molecule has 148 valence electrons. The van der Waals surface area contributed by atoms with Crippen molar-refractivity contribution in [1.82, 2.24) is 9.55 Å². The molecule has 4 rings (SSSR count). The highest BCUT2D eigenvalue weighted by atomic mass is 32.2. The molecule has 1 aliphatic carbocycles. The lowest BCUT2D eigenvalue weighted by Gasteiger charge is -2.13. The van der Waals surface area contributed by atoms with E-state index in [1.165, 1.54) is 29.7 Å². The molecule has 0 aliphatic heterocycles. The number of nitrogens with zero attached hydrogens (tertiary/aromatic N) is 2. The van der Waals surface area contributed by atoms with Crippen LogP contribution in [0.25, 0.3) is 15.9 Å². The van der Waals surface area contributed by atoms with Crippen LogP contribution in [0.2, 0.25) is 0 Å². The fourth-order valence-electron chi connectivity index (χ4n) is 3.77. The lowest BCUT2D eigenvalue weighted by molar-refractivity contribution is 0.414. The fourth-order valence-corrected chi connectivity index (χ4v) is 6.09. The average molecular weight is 415 g/mol. The summed E-state index contributed by atoms with van der Waals surface area (Å²) in [5.41, 5.74) is 2.17. The molecule has 4 nitrogen and oxygen atoms in total. The van der Waals surface area contributed by atoms with E-state index in [1.54, 1.807) is 34.8 Å². The van der Waals surface area contributed by atoms with E-state index in [2.05, 4.69) is 6.92 Å². The lowest BCUT2D eigenvalue weighted by atomic mass is 10.2. The zero-order valence-corrected chi connectivity index (χ0v) is 18.1. The number of aromatic nitrogens is 2. The molecule has 0 spiro atoms. The van der Waals surface area contributed by atoms with Crippen LogP contribution in [0.15, 0.2) is 34.2 Å². The van der Waals surface area contributed by atoms with E-state index in [9.17, 15) is 4.79 Å². The average Bonchev–Trinajstić information content (AvgIpc) is 3.29. The van der Waals surface area contributed by atoms with Gasteiger partial charge < -0.3 is 4.74 Å². The molecule has 0 saturated heterocycles. The van der Waals surface area contributed by atoms with Gasteiger partial charge in [0.1, 0.15) is 10.6 Å². The van der Waals surface area contributed by atoms with Crippen LogP contribution in [0.5, 0.6) is 5.75 Å². The second-order valence-corrected chi connectivity index (χ2v) is 9.33. The smallest absolute Gasteiger partial charge is 0.267 e. The number of methoxy groups -OCH3 is 1. The minimum atomic E-state index is 0.0747. The maximum Gasteiger partial charge on any atom is 0.267 e. The van der Waals surface area contributed by atoms with Crippen LogP contribution in [0.4, 0.5) is 0 Å². The summed E-state index contributed by atoms with van der Waals surface area (Å²) in [6, 6.07) is 7.70. The van der Waals surface area contributed by atoms with E-state index < -0.39 is 0 Å². The third kappa shape index (κ3) is 3.72. The monoisotopic (exact) mass is 414 g/mol. The molecule has 1 aromatic carbocycles. The number of thioether (sulfide) groups is 1. The molecular weight excluding hydrogens is 388 g/mol. The summed E-state index contributed by atoms with van der Waals surface area (Å²) in [6.45, 7) is 2.22. The summed E-state index contributed by atoms with van der Waals surface area (Å²) < 4.78 is 7.08. The van der Waals surface area contributed by atoms with Gasteiger partial charge in [0.2, 0.25) is 0 Å². The predicted octanol–water partition coefficient (Wildman–Crippen LogP) is 5.62. The molecule has 0 bridgehead atoms. The first-order valence-electron chi connectivity index (χ1n) is 10.1. The summed E-state index contributed by atoms with van der Waals surface area (Å²) >= 11 is 3.41. The number of benzene rings is 1. The molecule has 2 aromatic heterocycles. The van der Waals surface area contributed by atoms with Crippen molar-refractivity contribution < 1.29 is 4.74 Å². The standard InChI is InChI=1S/C22H26N2O2S2/c1-3-4-5-6-14-27-22-23-20-19(17-8-7-9-18(17)28-20)21(25)24(22)15-10-12-16(26-2)13-11-15/h10-13H,3-9,14H2,1-2H3. The highest BCUT2D eigenvalue weighted by Gasteiger charge is 2.23. The fraction of sp³-hybridized carbons (Fsp3) is 0.455. The Morgan fingerprint density at radius 1 is 1.18 bits per heavy atom. The molecule has 0 atom stereocenters. The van der Waals surface area contributed by atoms with Crippen molar-refractivity contribution in [3.63, 3.8) is 0 Å². The van der Waals surface area contributed by atoms with Crippen LogP contribution >= 0.6 is 23.1 Å². The number of rotatable bonds is 8. The third-order valence-corrected chi connectivity index (χ3v) is 7.48. The van der Waals surface area contributed by atoms with Crippen LogP contribution in [-0.4, -0.2) is 22.4 Å². The first-order chi connectivity index (χ1) is 13.7. The van der Waals surface area contributed by atoms with Gasteiger partial charge in [0.05, 0.1) is 18.2 Å². The number of fused-ring (bicyclic) bond motifs is 3. The van der Waals surface area contributed by atoms with Gasteiger partial charge in [0, 0.05) is 10.6 Å². The Morgan fingerprint density at radius 3 is 2.75 bits per heavy atom. The zero-order chi connectivity index (χ0) is 19.5. The molecule has 3 aromatic rings. The van der Waals surface area contributed by atoms with Gasteiger partial charge in [0.15, 0.2) is 5.16 Å². The molecule has 2 heterocycles. The Hall–Kier alpha value is -1.79. The van der Waals surface area contributed by atoms with Crippen LogP contribution < -0.4 is 10.3 Å². The van der Waals surface area contributed by atoms with Crippen molar-refractivity contribution in [2.24, 2.45) is 0 Å². The summed E-state index contributed by atoms with van der Waals surface area (Å²) in [5.74, 6) is 1.77. The quantitative estimate of drug-likeness (QED) is 0.273. The Labute approximate surface area is 174 Å². The third-order valence-electron chi connectivity index (χ3n) is 5.27. The van der Waals surface area contributed by atoms with Gasteiger partial charge >= 0.3 is 0 Å². The largest absolute Gasteiger partial charge is 0.497 e. The van der Waals surface area contributed by atoms with Crippen molar-refractivity contribution >= 4 is 33.3 Å². The van der Waals surface area contributed by atoms with Gasteiger partial charge in [-0.25, -0.2) is 4.98 Å². The first-order valence-corrected chi connectivity index (χ1v) is 11.9. The van der Waals surface area contributed by atoms with Crippen LogP contribution in [0.3, 0.4) is 0 Å². The Morgan fingerprint density at radius 2 is 2.00 bits per heavy atom. The number of aryl methyl sites for hydroxylation is 2. The van der Waals surface area contributed by atoms with Gasteiger partial charge in [-0.1, -0.05) is 37.9 Å². The zero-order valence-electron chi connectivity index (χ0n) is 16.5. The molecule has 6 heteroatoms. The van der Waals surface area contributed by atoms with E-state index in [-0.39, 0.29) is 5.56 Å². The van der Waals surface area contributed by atoms with Gasteiger partial charge in [-0.3, -0.25) is 9.36 Å². The van der Waals surface area contributed by atoms with E-state index in [1.807, 2.05) is 24.3 Å². The van der Waals surface area contributed by atoms with Crippen molar-refractivity contribution in [2.75, 3.05) is 12.9 Å². The molecule has 0 saturated carbocycles. The maximum atomic E-state index is 13.5. The minimum absolute atomic E-state index is 0.0747. The highest BCUT2D eigenvalue weighted by Crippen LogP contribution is 2.36. The molecule has 0 amide bonds. The van der Waals surface area contributed by atoms with E-state index in [0.717, 1.165) is 58.2 Å². The van der Waals surface area contributed by atoms with Gasteiger partial charge in [0.25, 0.3) is 5.56 Å². The lowest BCUT2D eigenvalue weighted by Crippen LogP contribution is -2.22. The Kier molecular flexibility index (Phi) is 6.07. The molecule has 0 N–H and O–H groups in total. The summed E-state index contributed by atoms with van der Waals surface area (Å²) in [7, 11) is 1.65.